The maximum absolute atomic E-state index is 12.9. The van der Waals surface area contributed by atoms with Crippen molar-refractivity contribution >= 4 is 23.1 Å². The number of amides is 1. The van der Waals surface area contributed by atoms with Crippen molar-refractivity contribution in [3.63, 3.8) is 0 Å². The lowest BCUT2D eigenvalue weighted by Crippen LogP contribution is -2.43. The molecule has 1 aromatic heterocycles. The Morgan fingerprint density at radius 2 is 1.73 bits per heavy atom. The summed E-state index contributed by atoms with van der Waals surface area (Å²) in [4.78, 5) is 19.5. The quantitative estimate of drug-likeness (QED) is 0.346. The number of benzene rings is 2. The molecular weight excluding hydrogens is 529 g/mol. The van der Waals surface area contributed by atoms with Gasteiger partial charge in [-0.2, -0.15) is 0 Å². The van der Waals surface area contributed by atoms with Crippen molar-refractivity contribution in [1.82, 2.24) is 10.3 Å². The monoisotopic (exact) mass is 560 g/mol. The van der Waals surface area contributed by atoms with Gasteiger partial charge >= 0.3 is 6.36 Å². The van der Waals surface area contributed by atoms with Crippen LogP contribution in [0.1, 0.15) is 18.4 Å². The van der Waals surface area contributed by atoms with E-state index in [0.29, 0.717) is 40.9 Å². The summed E-state index contributed by atoms with van der Waals surface area (Å²) in [5.41, 5.74) is 2.29. The standard InChI is InChI=1S/C28H31F3N4O5/c1-37-23-13-20(14-24(38-2)26(23)39-3)34-25-15-21(10-11-32-25)35-12-4-5-19(17-35)27(36)33-16-18-6-8-22(9-7-18)40-28(29,30)31/h6-11,13-15,19H,4-5,12,16-17H2,1-3H3,(H,32,34)(H,33,36). The number of nitrogens with zero attached hydrogens (tertiary/aromatic N) is 2. The van der Waals surface area contributed by atoms with Crippen LogP contribution in [-0.4, -0.2) is 51.7 Å². The van der Waals surface area contributed by atoms with Crippen LogP contribution in [0.5, 0.6) is 23.0 Å². The van der Waals surface area contributed by atoms with Gasteiger partial charge in [0.15, 0.2) is 11.5 Å². The summed E-state index contributed by atoms with van der Waals surface area (Å²) in [6, 6.07) is 12.8. The molecule has 1 aliphatic heterocycles. The molecule has 4 rings (SSSR count). The number of hydrogen-bond acceptors (Lipinski definition) is 8. The number of anilines is 3. The van der Waals surface area contributed by atoms with Gasteiger partial charge in [0.05, 0.1) is 27.2 Å². The third-order valence-electron chi connectivity index (χ3n) is 6.46. The molecule has 0 aliphatic carbocycles. The normalized spacial score (nSPS) is 15.2. The number of aromatic nitrogens is 1. The minimum absolute atomic E-state index is 0.106. The SMILES string of the molecule is COc1cc(Nc2cc(N3CCCC(C(=O)NCc4ccc(OC(F)(F)F)cc4)C3)ccn2)cc(OC)c1OC. The van der Waals surface area contributed by atoms with E-state index in [0.717, 1.165) is 25.1 Å². The third-order valence-corrected chi connectivity index (χ3v) is 6.46. The second kappa shape index (κ2) is 12.7. The van der Waals surface area contributed by atoms with E-state index in [1.807, 2.05) is 12.1 Å². The van der Waals surface area contributed by atoms with Crippen LogP contribution in [0.25, 0.3) is 0 Å². The number of rotatable bonds is 10. The first kappa shape index (κ1) is 28.7. The van der Waals surface area contributed by atoms with E-state index < -0.39 is 6.36 Å². The van der Waals surface area contributed by atoms with Crippen molar-refractivity contribution in [2.75, 3.05) is 44.6 Å². The minimum atomic E-state index is -4.75. The van der Waals surface area contributed by atoms with Gasteiger partial charge in [0.2, 0.25) is 11.7 Å². The minimum Gasteiger partial charge on any atom is -0.493 e. The van der Waals surface area contributed by atoms with Crippen molar-refractivity contribution in [2.24, 2.45) is 5.92 Å². The van der Waals surface area contributed by atoms with Crippen molar-refractivity contribution < 1.29 is 36.9 Å². The highest BCUT2D eigenvalue weighted by Crippen LogP contribution is 2.40. The van der Waals surface area contributed by atoms with Crippen LogP contribution >= 0.6 is 0 Å². The molecule has 40 heavy (non-hydrogen) atoms. The number of hydrogen-bond donors (Lipinski definition) is 2. The second-order valence-electron chi connectivity index (χ2n) is 9.13. The lowest BCUT2D eigenvalue weighted by Gasteiger charge is -2.33. The molecular formula is C28H31F3N4O5. The summed E-state index contributed by atoms with van der Waals surface area (Å²) in [5.74, 6) is 1.47. The average molecular weight is 561 g/mol. The highest BCUT2D eigenvalue weighted by Gasteiger charge is 2.31. The van der Waals surface area contributed by atoms with Gasteiger partial charge in [0.1, 0.15) is 11.6 Å². The van der Waals surface area contributed by atoms with Crippen molar-refractivity contribution in [3.8, 4) is 23.0 Å². The number of halogens is 3. The number of pyridine rings is 1. The molecule has 2 N–H and O–H groups in total. The maximum atomic E-state index is 12.9. The van der Waals surface area contributed by atoms with Crippen LogP contribution < -0.4 is 34.5 Å². The lowest BCUT2D eigenvalue weighted by atomic mass is 9.96. The molecule has 0 bridgehead atoms. The number of nitrogens with one attached hydrogen (secondary N) is 2. The predicted octanol–water partition coefficient (Wildman–Crippen LogP) is 5.28. The molecule has 0 radical (unpaired) electrons. The highest BCUT2D eigenvalue weighted by atomic mass is 19.4. The fourth-order valence-electron chi connectivity index (χ4n) is 4.55. The molecule has 1 atom stereocenters. The van der Waals surface area contributed by atoms with E-state index in [9.17, 15) is 18.0 Å². The molecule has 1 aliphatic rings. The van der Waals surface area contributed by atoms with Crippen LogP contribution in [0.2, 0.25) is 0 Å². The number of ether oxygens (including phenoxy) is 4. The number of alkyl halides is 3. The van der Waals surface area contributed by atoms with Gasteiger partial charge in [0.25, 0.3) is 0 Å². The van der Waals surface area contributed by atoms with Crippen molar-refractivity contribution in [2.45, 2.75) is 25.7 Å². The summed E-state index contributed by atoms with van der Waals surface area (Å²) in [5, 5.41) is 6.17. The second-order valence-corrected chi connectivity index (χ2v) is 9.13. The van der Waals surface area contributed by atoms with Crippen molar-refractivity contribution in [3.05, 3.63) is 60.3 Å². The average Bonchev–Trinajstić information content (AvgIpc) is 2.95. The van der Waals surface area contributed by atoms with Gasteiger partial charge < -0.3 is 34.5 Å². The van der Waals surface area contributed by atoms with E-state index in [2.05, 4.69) is 25.3 Å². The number of carbonyl (C=O) groups excluding carboxylic acids is 1. The maximum Gasteiger partial charge on any atom is 0.573 e. The molecule has 1 saturated heterocycles. The van der Waals surface area contributed by atoms with E-state index >= 15 is 0 Å². The summed E-state index contributed by atoms with van der Waals surface area (Å²) in [6.45, 7) is 1.52. The summed E-state index contributed by atoms with van der Waals surface area (Å²) >= 11 is 0. The molecule has 0 saturated carbocycles. The van der Waals surface area contributed by atoms with E-state index in [1.165, 1.54) is 24.3 Å². The molecule has 9 nitrogen and oxygen atoms in total. The predicted molar refractivity (Wildman–Crippen MR) is 144 cm³/mol. The number of piperidine rings is 1. The first-order valence-electron chi connectivity index (χ1n) is 12.6. The first-order chi connectivity index (χ1) is 19.2. The Morgan fingerprint density at radius 3 is 2.35 bits per heavy atom. The Morgan fingerprint density at radius 1 is 1.02 bits per heavy atom. The van der Waals surface area contributed by atoms with Gasteiger partial charge in [-0.3, -0.25) is 4.79 Å². The van der Waals surface area contributed by atoms with E-state index in [-0.39, 0.29) is 24.1 Å². The third kappa shape index (κ3) is 7.39. The molecule has 2 heterocycles. The van der Waals surface area contributed by atoms with Crippen molar-refractivity contribution in [1.29, 1.82) is 0 Å². The summed E-state index contributed by atoms with van der Waals surface area (Å²) in [6.07, 6.45) is -1.47. The van der Waals surface area contributed by atoms with Gasteiger partial charge in [-0.15, -0.1) is 13.2 Å². The molecule has 214 valence electrons. The number of methoxy groups -OCH3 is 3. The molecule has 1 amide bonds. The fourth-order valence-corrected chi connectivity index (χ4v) is 4.55. The van der Waals surface area contributed by atoms with Crippen LogP contribution in [0, 0.1) is 5.92 Å². The zero-order valence-electron chi connectivity index (χ0n) is 22.4. The molecule has 0 spiro atoms. The van der Waals surface area contributed by atoms with Crippen LogP contribution in [0.15, 0.2) is 54.7 Å². The number of carbonyl (C=O) groups is 1. The first-order valence-corrected chi connectivity index (χ1v) is 12.6. The van der Waals surface area contributed by atoms with Gasteiger partial charge in [0, 0.05) is 55.4 Å². The van der Waals surface area contributed by atoms with Crippen LogP contribution in [-0.2, 0) is 11.3 Å². The Bertz CT molecular complexity index is 1280. The fraction of sp³-hybridized carbons (Fsp3) is 0.357. The zero-order chi connectivity index (χ0) is 28.7. The van der Waals surface area contributed by atoms with E-state index in [1.54, 1.807) is 39.7 Å². The van der Waals surface area contributed by atoms with Gasteiger partial charge in [-0.05, 0) is 36.6 Å². The lowest BCUT2D eigenvalue weighted by molar-refractivity contribution is -0.274. The largest absolute Gasteiger partial charge is 0.573 e. The summed E-state index contributed by atoms with van der Waals surface area (Å²) < 4.78 is 57.2. The van der Waals surface area contributed by atoms with Crippen LogP contribution in [0.3, 0.4) is 0 Å². The molecule has 1 unspecified atom stereocenters. The summed E-state index contributed by atoms with van der Waals surface area (Å²) in [7, 11) is 4.64. The molecule has 2 aromatic carbocycles. The van der Waals surface area contributed by atoms with Crippen LogP contribution in [0.4, 0.5) is 30.4 Å². The molecule has 1 fully saturated rings. The van der Waals surface area contributed by atoms with E-state index in [4.69, 9.17) is 14.2 Å². The Labute approximate surface area is 230 Å². The Hall–Kier alpha value is -4.35. The van der Waals surface area contributed by atoms with Gasteiger partial charge in [-0.1, -0.05) is 12.1 Å². The Balaban J connectivity index is 1.37. The molecule has 3 aromatic rings. The van der Waals surface area contributed by atoms with Gasteiger partial charge in [-0.25, -0.2) is 4.98 Å². The highest BCUT2D eigenvalue weighted by molar-refractivity contribution is 5.79. The topological polar surface area (TPSA) is 94.2 Å². The smallest absolute Gasteiger partial charge is 0.493 e. The zero-order valence-corrected chi connectivity index (χ0v) is 22.4. The Kier molecular flexibility index (Phi) is 9.08. The molecule has 12 heteroatoms.